The molecular formula is C17H25IN4OS. The van der Waals surface area contributed by atoms with E-state index in [-0.39, 0.29) is 24.0 Å². The Hall–Kier alpha value is -1.35. The Morgan fingerprint density at radius 2 is 2.04 bits per heavy atom. The zero-order valence-corrected chi connectivity index (χ0v) is 17.3. The molecule has 0 radical (unpaired) electrons. The summed E-state index contributed by atoms with van der Waals surface area (Å²) in [4.78, 5) is 10.00. The maximum absolute atomic E-state index is 5.67. The number of ether oxygens (including phenoxy) is 1. The second-order valence-electron chi connectivity index (χ2n) is 4.98. The van der Waals surface area contributed by atoms with E-state index in [1.54, 1.807) is 11.3 Å². The first kappa shape index (κ1) is 20.7. The number of aryl methyl sites for hydroxylation is 1. The predicted molar refractivity (Wildman–Crippen MR) is 112 cm³/mol. The third-order valence-electron chi connectivity index (χ3n) is 3.03. The Kier molecular flexibility index (Phi) is 10.4. The van der Waals surface area contributed by atoms with E-state index in [0.29, 0.717) is 13.2 Å². The number of aromatic nitrogens is 1. The van der Waals surface area contributed by atoms with Crippen LogP contribution < -0.4 is 15.4 Å². The molecule has 0 amide bonds. The van der Waals surface area contributed by atoms with Gasteiger partial charge in [0, 0.05) is 24.2 Å². The van der Waals surface area contributed by atoms with Crippen LogP contribution in [0.4, 0.5) is 0 Å². The lowest BCUT2D eigenvalue weighted by Gasteiger charge is -2.11. The molecule has 0 saturated heterocycles. The molecule has 0 bridgehead atoms. The molecule has 0 spiro atoms. The van der Waals surface area contributed by atoms with Gasteiger partial charge in [-0.25, -0.2) is 9.98 Å². The molecule has 0 aliphatic carbocycles. The molecule has 0 unspecified atom stereocenters. The Morgan fingerprint density at radius 3 is 2.71 bits per heavy atom. The van der Waals surface area contributed by atoms with E-state index in [1.807, 2.05) is 43.5 Å². The number of rotatable bonds is 8. The Morgan fingerprint density at radius 1 is 1.25 bits per heavy atom. The molecule has 24 heavy (non-hydrogen) atoms. The van der Waals surface area contributed by atoms with Gasteiger partial charge in [-0.05, 0) is 32.4 Å². The molecule has 132 valence electrons. The fraction of sp³-hybridized carbons (Fsp3) is 0.412. The molecule has 1 heterocycles. The summed E-state index contributed by atoms with van der Waals surface area (Å²) in [5.74, 6) is 1.74. The molecular weight excluding hydrogens is 435 g/mol. The summed E-state index contributed by atoms with van der Waals surface area (Å²) in [5.41, 5.74) is 0. The molecule has 0 saturated carbocycles. The van der Waals surface area contributed by atoms with Gasteiger partial charge in [-0.2, -0.15) is 0 Å². The second kappa shape index (κ2) is 12.1. The summed E-state index contributed by atoms with van der Waals surface area (Å²) >= 11 is 1.68. The van der Waals surface area contributed by atoms with Crippen LogP contribution in [0, 0.1) is 6.92 Å². The van der Waals surface area contributed by atoms with Gasteiger partial charge in [-0.3, -0.25) is 0 Å². The molecule has 2 N–H and O–H groups in total. The SMILES string of the molecule is CCNC(=NCc1cnc(C)s1)NCCCOc1ccccc1.I. The summed E-state index contributed by atoms with van der Waals surface area (Å²) < 4.78 is 5.67. The Labute approximate surface area is 165 Å². The molecule has 0 aliphatic heterocycles. The number of thiazole rings is 1. The smallest absolute Gasteiger partial charge is 0.191 e. The molecule has 2 aromatic rings. The fourth-order valence-electron chi connectivity index (χ4n) is 1.96. The van der Waals surface area contributed by atoms with Crippen LogP contribution in [0.3, 0.4) is 0 Å². The third-order valence-corrected chi connectivity index (χ3v) is 3.93. The summed E-state index contributed by atoms with van der Waals surface area (Å²) in [6, 6.07) is 9.87. The van der Waals surface area contributed by atoms with Gasteiger partial charge in [0.1, 0.15) is 5.75 Å². The van der Waals surface area contributed by atoms with Gasteiger partial charge < -0.3 is 15.4 Å². The lowest BCUT2D eigenvalue weighted by Crippen LogP contribution is -2.38. The van der Waals surface area contributed by atoms with Crippen LogP contribution >= 0.6 is 35.3 Å². The number of benzene rings is 1. The van der Waals surface area contributed by atoms with Gasteiger partial charge in [-0.1, -0.05) is 18.2 Å². The van der Waals surface area contributed by atoms with E-state index in [4.69, 9.17) is 4.74 Å². The molecule has 1 aromatic carbocycles. The van der Waals surface area contributed by atoms with Crippen LogP contribution in [0.5, 0.6) is 5.75 Å². The van der Waals surface area contributed by atoms with Crippen LogP contribution in [0.25, 0.3) is 0 Å². The number of hydrogen-bond donors (Lipinski definition) is 2. The largest absolute Gasteiger partial charge is 0.494 e. The van der Waals surface area contributed by atoms with Crippen molar-refractivity contribution in [1.82, 2.24) is 15.6 Å². The zero-order chi connectivity index (χ0) is 16.3. The number of hydrogen-bond acceptors (Lipinski definition) is 4. The molecule has 7 heteroatoms. The van der Waals surface area contributed by atoms with Crippen molar-refractivity contribution in [1.29, 1.82) is 0 Å². The van der Waals surface area contributed by atoms with E-state index in [0.717, 1.165) is 36.2 Å². The minimum absolute atomic E-state index is 0. The molecule has 2 rings (SSSR count). The van der Waals surface area contributed by atoms with Crippen molar-refractivity contribution in [3.8, 4) is 5.75 Å². The van der Waals surface area contributed by atoms with E-state index >= 15 is 0 Å². The lowest BCUT2D eigenvalue weighted by molar-refractivity contribution is 0.311. The first-order valence-electron chi connectivity index (χ1n) is 7.89. The van der Waals surface area contributed by atoms with Crippen molar-refractivity contribution in [2.24, 2.45) is 4.99 Å². The Balaban J connectivity index is 0.00000288. The van der Waals surface area contributed by atoms with Crippen LogP contribution in [-0.4, -0.2) is 30.6 Å². The minimum Gasteiger partial charge on any atom is -0.494 e. The topological polar surface area (TPSA) is 58.5 Å². The summed E-state index contributed by atoms with van der Waals surface area (Å²) in [7, 11) is 0. The maximum atomic E-state index is 5.67. The summed E-state index contributed by atoms with van der Waals surface area (Å²) in [6.07, 6.45) is 2.81. The van der Waals surface area contributed by atoms with E-state index in [2.05, 4.69) is 27.5 Å². The number of nitrogens with zero attached hydrogens (tertiary/aromatic N) is 2. The summed E-state index contributed by atoms with van der Waals surface area (Å²) in [6.45, 7) is 7.07. The molecule has 0 fully saturated rings. The zero-order valence-electron chi connectivity index (χ0n) is 14.1. The number of para-hydroxylation sites is 1. The van der Waals surface area contributed by atoms with Crippen molar-refractivity contribution in [2.45, 2.75) is 26.8 Å². The van der Waals surface area contributed by atoms with Crippen molar-refractivity contribution >= 4 is 41.3 Å². The van der Waals surface area contributed by atoms with Gasteiger partial charge in [-0.15, -0.1) is 35.3 Å². The third kappa shape index (κ3) is 7.96. The number of aliphatic imine (C=N–C) groups is 1. The summed E-state index contributed by atoms with van der Waals surface area (Å²) in [5, 5.41) is 7.65. The van der Waals surface area contributed by atoms with Crippen LogP contribution in [0.2, 0.25) is 0 Å². The predicted octanol–water partition coefficient (Wildman–Crippen LogP) is 3.59. The molecule has 0 aliphatic rings. The monoisotopic (exact) mass is 460 g/mol. The highest BCUT2D eigenvalue weighted by Crippen LogP contribution is 2.12. The lowest BCUT2D eigenvalue weighted by atomic mass is 10.3. The van der Waals surface area contributed by atoms with Crippen molar-refractivity contribution in [3.63, 3.8) is 0 Å². The normalized spacial score (nSPS) is 10.8. The van der Waals surface area contributed by atoms with Crippen molar-refractivity contribution in [3.05, 3.63) is 46.4 Å². The van der Waals surface area contributed by atoms with Crippen LogP contribution in [0.15, 0.2) is 41.5 Å². The highest BCUT2D eigenvalue weighted by Gasteiger charge is 2.00. The number of nitrogens with one attached hydrogen (secondary N) is 2. The minimum atomic E-state index is 0. The molecule has 1 aromatic heterocycles. The quantitative estimate of drug-likeness (QED) is 0.274. The average molecular weight is 460 g/mol. The fourth-order valence-corrected chi connectivity index (χ4v) is 2.68. The molecule has 0 atom stereocenters. The number of halogens is 1. The Bertz CT molecular complexity index is 604. The van der Waals surface area contributed by atoms with Gasteiger partial charge in [0.2, 0.25) is 0 Å². The van der Waals surface area contributed by atoms with Gasteiger partial charge >= 0.3 is 0 Å². The first-order chi connectivity index (χ1) is 11.3. The molecule has 5 nitrogen and oxygen atoms in total. The van der Waals surface area contributed by atoms with Crippen LogP contribution in [0.1, 0.15) is 23.2 Å². The number of guanidine groups is 1. The van der Waals surface area contributed by atoms with E-state index in [9.17, 15) is 0 Å². The highest BCUT2D eigenvalue weighted by molar-refractivity contribution is 14.0. The maximum Gasteiger partial charge on any atom is 0.191 e. The van der Waals surface area contributed by atoms with E-state index in [1.165, 1.54) is 4.88 Å². The van der Waals surface area contributed by atoms with Gasteiger partial charge in [0.25, 0.3) is 0 Å². The van der Waals surface area contributed by atoms with Crippen molar-refractivity contribution < 1.29 is 4.74 Å². The van der Waals surface area contributed by atoms with Gasteiger partial charge in [0.05, 0.1) is 18.2 Å². The highest BCUT2D eigenvalue weighted by atomic mass is 127. The van der Waals surface area contributed by atoms with E-state index < -0.39 is 0 Å². The second-order valence-corrected chi connectivity index (χ2v) is 6.30. The first-order valence-corrected chi connectivity index (χ1v) is 8.71. The van der Waals surface area contributed by atoms with Crippen LogP contribution in [-0.2, 0) is 6.54 Å². The average Bonchev–Trinajstić information content (AvgIpc) is 2.98. The van der Waals surface area contributed by atoms with Crippen molar-refractivity contribution in [2.75, 3.05) is 19.7 Å². The van der Waals surface area contributed by atoms with Gasteiger partial charge in [0.15, 0.2) is 5.96 Å². The standard InChI is InChI=1S/C17H24N4OS.HI/c1-3-18-17(21-13-16-12-20-14(2)23-16)19-10-7-11-22-15-8-5-4-6-9-15;/h4-6,8-9,12H,3,7,10-11,13H2,1-2H3,(H2,18,19,21);1H.